The molecule has 0 saturated heterocycles. The predicted molar refractivity (Wildman–Crippen MR) is 146 cm³/mol. The van der Waals surface area contributed by atoms with Crippen LogP contribution < -0.4 is 20.5 Å². The first kappa shape index (κ1) is 24.9. The van der Waals surface area contributed by atoms with Crippen LogP contribution in [0.25, 0.3) is 5.69 Å². The minimum absolute atomic E-state index is 0.0160. The molecule has 1 unspecified atom stereocenters. The largest absolute Gasteiger partial charge is 0.494 e. The molecule has 10 heteroatoms. The Hall–Kier alpha value is -3.75. The van der Waals surface area contributed by atoms with Gasteiger partial charge < -0.3 is 9.30 Å². The summed E-state index contributed by atoms with van der Waals surface area (Å²) in [5, 5.41) is 8.39. The van der Waals surface area contributed by atoms with E-state index >= 15 is 0 Å². The number of fused-ring (bicyclic) bond motifs is 1. The molecule has 37 heavy (non-hydrogen) atoms. The third-order valence-electron chi connectivity index (χ3n) is 6.38. The smallest absolute Gasteiger partial charge is 0.328 e. The van der Waals surface area contributed by atoms with Crippen molar-refractivity contribution in [3.8, 4) is 11.4 Å². The van der Waals surface area contributed by atoms with E-state index in [-0.39, 0.29) is 16.5 Å². The van der Waals surface area contributed by atoms with E-state index in [2.05, 4.69) is 19.2 Å². The van der Waals surface area contributed by atoms with Gasteiger partial charge in [-0.05, 0) is 41.8 Å². The van der Waals surface area contributed by atoms with Crippen molar-refractivity contribution in [2.45, 2.75) is 25.8 Å². The number of hydrogen-bond donors (Lipinski definition) is 1. The Labute approximate surface area is 224 Å². The molecule has 4 aromatic rings. The van der Waals surface area contributed by atoms with Crippen molar-refractivity contribution >= 4 is 40.7 Å². The van der Waals surface area contributed by atoms with Gasteiger partial charge in [-0.2, -0.15) is 0 Å². The van der Waals surface area contributed by atoms with Crippen LogP contribution in [0.4, 0.5) is 16.3 Å². The van der Waals surface area contributed by atoms with Gasteiger partial charge in [-0.3, -0.25) is 15.0 Å². The molecule has 8 nitrogen and oxygen atoms in total. The topological polar surface area (TPSA) is 81.4 Å². The summed E-state index contributed by atoms with van der Waals surface area (Å²) in [6.07, 6.45) is 1.60. The third kappa shape index (κ3) is 4.26. The second-order valence-electron chi connectivity index (χ2n) is 9.10. The van der Waals surface area contributed by atoms with Gasteiger partial charge in [-0.15, -0.1) is 5.10 Å². The number of amides is 2. The van der Waals surface area contributed by atoms with Gasteiger partial charge in [0, 0.05) is 23.8 Å². The van der Waals surface area contributed by atoms with Crippen molar-refractivity contribution in [2.75, 3.05) is 17.3 Å². The van der Waals surface area contributed by atoms with Crippen molar-refractivity contribution in [1.82, 2.24) is 14.3 Å². The van der Waals surface area contributed by atoms with Gasteiger partial charge in [0.15, 0.2) is 5.82 Å². The van der Waals surface area contributed by atoms with E-state index in [4.69, 9.17) is 33.0 Å². The van der Waals surface area contributed by atoms with E-state index in [1.807, 2.05) is 41.1 Å². The number of nitrogens with one attached hydrogen (secondary N) is 1. The van der Waals surface area contributed by atoms with E-state index < -0.39 is 12.1 Å². The lowest BCUT2D eigenvalue weighted by Gasteiger charge is -2.36. The molecule has 3 heterocycles. The number of carbonyl (C=O) groups excluding carboxylic acids is 1. The first-order chi connectivity index (χ1) is 17.7. The number of carbonyl (C=O) groups is 1. The molecule has 0 spiro atoms. The third-order valence-corrected chi connectivity index (χ3v) is 6.91. The van der Waals surface area contributed by atoms with E-state index in [1.165, 1.54) is 10.6 Å². The minimum atomic E-state index is -0.574. The molecule has 1 aliphatic heterocycles. The molecule has 2 aromatic heterocycles. The van der Waals surface area contributed by atoms with Crippen LogP contribution in [0.15, 0.2) is 65.6 Å². The predicted octanol–water partition coefficient (Wildman–Crippen LogP) is 6.15. The Bertz CT molecular complexity index is 1530. The van der Waals surface area contributed by atoms with Gasteiger partial charge in [0.05, 0.1) is 24.5 Å². The van der Waals surface area contributed by atoms with Crippen LogP contribution in [-0.4, -0.2) is 27.5 Å². The molecule has 0 fully saturated rings. The monoisotopic (exact) mass is 537 g/mol. The molecule has 0 aliphatic carbocycles. The standard InChI is InChI=1S/C27H25Cl2N5O3/c1-15(2)23-22-24(16-9-11-17(28)12-10-16)33(18-13-19(29)26(35)32(3)14-18)27(36)30-25(22)31-34(23)20-7-5-6-8-21(20)37-4/h5-15,24H,1-4H3,(H,30,31,36). The van der Waals surface area contributed by atoms with Gasteiger partial charge in [0.1, 0.15) is 16.5 Å². The molecule has 1 aliphatic rings. The van der Waals surface area contributed by atoms with Gasteiger partial charge in [0.25, 0.3) is 5.56 Å². The molecule has 0 bridgehead atoms. The van der Waals surface area contributed by atoms with Crippen molar-refractivity contribution in [3.05, 3.63) is 98.0 Å². The number of rotatable bonds is 5. The van der Waals surface area contributed by atoms with Crippen LogP contribution in [0.1, 0.15) is 42.6 Å². The molecule has 1 atom stereocenters. The first-order valence-corrected chi connectivity index (χ1v) is 12.4. The first-order valence-electron chi connectivity index (χ1n) is 11.7. The van der Waals surface area contributed by atoms with E-state index in [0.717, 1.165) is 22.5 Å². The van der Waals surface area contributed by atoms with Crippen LogP contribution in [-0.2, 0) is 7.05 Å². The van der Waals surface area contributed by atoms with Gasteiger partial charge in [-0.25, -0.2) is 9.48 Å². The maximum Gasteiger partial charge on any atom is 0.328 e. The second-order valence-corrected chi connectivity index (χ2v) is 9.95. The van der Waals surface area contributed by atoms with E-state index in [0.29, 0.717) is 22.3 Å². The Kier molecular flexibility index (Phi) is 6.47. The number of ether oxygens (including phenoxy) is 1. The number of nitrogens with zero attached hydrogens (tertiary/aromatic N) is 4. The zero-order valence-corrected chi connectivity index (χ0v) is 22.2. The number of urea groups is 1. The highest BCUT2D eigenvalue weighted by atomic mass is 35.5. The van der Waals surface area contributed by atoms with Gasteiger partial charge >= 0.3 is 6.03 Å². The summed E-state index contributed by atoms with van der Waals surface area (Å²) in [4.78, 5) is 27.6. The number of benzene rings is 2. The number of hydrogen-bond acceptors (Lipinski definition) is 4. The van der Waals surface area contributed by atoms with Crippen LogP contribution in [0, 0.1) is 0 Å². The summed E-state index contributed by atoms with van der Waals surface area (Å²) < 4.78 is 8.81. The van der Waals surface area contributed by atoms with Crippen LogP contribution >= 0.6 is 23.2 Å². The Balaban J connectivity index is 1.82. The molecule has 1 N–H and O–H groups in total. The highest BCUT2D eigenvalue weighted by Gasteiger charge is 2.41. The summed E-state index contributed by atoms with van der Waals surface area (Å²) in [5.41, 5.74) is 3.43. The number of aromatic nitrogens is 3. The number of para-hydroxylation sites is 2. The molecule has 5 rings (SSSR count). The highest BCUT2D eigenvalue weighted by Crippen LogP contribution is 2.45. The molecule has 0 radical (unpaired) electrons. The minimum Gasteiger partial charge on any atom is -0.494 e. The lowest BCUT2D eigenvalue weighted by atomic mass is 9.91. The fourth-order valence-electron chi connectivity index (χ4n) is 4.77. The van der Waals surface area contributed by atoms with E-state index in [1.54, 1.807) is 37.4 Å². The van der Waals surface area contributed by atoms with Crippen molar-refractivity contribution < 1.29 is 9.53 Å². The van der Waals surface area contributed by atoms with Crippen LogP contribution in [0.3, 0.4) is 0 Å². The fourth-order valence-corrected chi connectivity index (χ4v) is 5.14. The van der Waals surface area contributed by atoms with Crippen molar-refractivity contribution in [3.63, 3.8) is 0 Å². The SMILES string of the molecule is COc1ccccc1-n1nc2c(c1C(C)C)C(c1ccc(Cl)cc1)N(c1cc(Cl)c(=O)n(C)c1)C(=O)N2. The molecule has 2 amide bonds. The number of pyridine rings is 1. The number of anilines is 2. The lowest BCUT2D eigenvalue weighted by molar-refractivity contribution is 0.254. The average Bonchev–Trinajstić information content (AvgIpc) is 3.25. The van der Waals surface area contributed by atoms with Crippen LogP contribution in [0.2, 0.25) is 10.0 Å². The number of aryl methyl sites for hydroxylation is 1. The molecule has 190 valence electrons. The maximum absolute atomic E-state index is 13.7. The van der Waals surface area contributed by atoms with Crippen LogP contribution in [0.5, 0.6) is 5.75 Å². The number of halogens is 2. The lowest BCUT2D eigenvalue weighted by Crippen LogP contribution is -2.43. The Morgan fingerprint density at radius 3 is 2.41 bits per heavy atom. The van der Waals surface area contributed by atoms with E-state index in [9.17, 15) is 9.59 Å². The normalized spacial score (nSPS) is 15.1. The molecular formula is C27H25Cl2N5O3. The number of methoxy groups -OCH3 is 1. The summed E-state index contributed by atoms with van der Waals surface area (Å²) in [6.45, 7) is 4.15. The summed E-state index contributed by atoms with van der Waals surface area (Å²) in [5.74, 6) is 1.13. The quantitative estimate of drug-likeness (QED) is 0.331. The summed E-state index contributed by atoms with van der Waals surface area (Å²) >= 11 is 12.5. The highest BCUT2D eigenvalue weighted by molar-refractivity contribution is 6.31. The Morgan fingerprint density at radius 1 is 1.05 bits per heavy atom. The molecular weight excluding hydrogens is 513 g/mol. The maximum atomic E-state index is 13.7. The Morgan fingerprint density at radius 2 is 1.76 bits per heavy atom. The fraction of sp³-hybridized carbons (Fsp3) is 0.222. The summed E-state index contributed by atoms with van der Waals surface area (Å²) in [6, 6.07) is 15.5. The molecule has 2 aromatic carbocycles. The van der Waals surface area contributed by atoms with Gasteiger partial charge in [0.2, 0.25) is 0 Å². The van der Waals surface area contributed by atoms with Gasteiger partial charge in [-0.1, -0.05) is 61.3 Å². The summed E-state index contributed by atoms with van der Waals surface area (Å²) in [7, 11) is 3.21. The molecule has 0 saturated carbocycles. The average molecular weight is 538 g/mol. The van der Waals surface area contributed by atoms with Crippen molar-refractivity contribution in [2.24, 2.45) is 7.05 Å². The second kappa shape index (κ2) is 9.61. The zero-order chi connectivity index (χ0) is 26.4. The zero-order valence-electron chi connectivity index (χ0n) is 20.7. The van der Waals surface area contributed by atoms with Crippen molar-refractivity contribution in [1.29, 1.82) is 0 Å².